The molecule has 0 radical (unpaired) electrons. The number of nitrogens with zero attached hydrogens (tertiary/aromatic N) is 1. The predicted molar refractivity (Wildman–Crippen MR) is 155 cm³/mol. The first kappa shape index (κ1) is 33.9. The summed E-state index contributed by atoms with van der Waals surface area (Å²) in [6, 6.07) is 18.2. The molecule has 0 aliphatic rings. The Balaban J connectivity index is 0.00000560. The van der Waals surface area contributed by atoms with Crippen LogP contribution in [0.2, 0.25) is 0 Å². The monoisotopic (exact) mass is 553 g/mol. The molecule has 1 aromatic heterocycles. The quantitative estimate of drug-likeness (QED) is 0.154. The van der Waals surface area contributed by atoms with E-state index >= 15 is 0 Å². The molecule has 2 aromatic carbocycles. The first-order valence-corrected chi connectivity index (χ1v) is 14.5. The molecule has 0 bridgehead atoms. The van der Waals surface area contributed by atoms with E-state index in [-0.39, 0.29) is 47.9 Å². The molecule has 0 saturated heterocycles. The number of hydrogen-bond donors (Lipinski definition) is 0. The summed E-state index contributed by atoms with van der Waals surface area (Å²) < 4.78 is 8.49. The number of carbonyl (C=O) groups is 2. The number of rotatable bonds is 16. The summed E-state index contributed by atoms with van der Waals surface area (Å²) in [6.45, 7) is 8.71. The number of benzene rings is 2. The Morgan fingerprint density at radius 2 is 1.62 bits per heavy atom. The molecule has 1 heterocycles. The molecule has 40 heavy (non-hydrogen) atoms. The number of aryl methyl sites for hydroxylation is 1. The summed E-state index contributed by atoms with van der Waals surface area (Å²) in [5.74, 6) is 0.305. The summed E-state index contributed by atoms with van der Waals surface area (Å²) in [5, 5.41) is 10.8. The Morgan fingerprint density at radius 3 is 2.20 bits per heavy atom. The van der Waals surface area contributed by atoms with Gasteiger partial charge in [0, 0.05) is 35.5 Å². The number of ether oxygens (including phenoxy) is 1. The fourth-order valence-electron chi connectivity index (χ4n) is 5.20. The van der Waals surface area contributed by atoms with Crippen molar-refractivity contribution in [3.05, 3.63) is 88.2 Å². The topological polar surface area (TPSA) is 71.4 Å². The van der Waals surface area contributed by atoms with Gasteiger partial charge in [-0.2, -0.15) is 0 Å². The van der Waals surface area contributed by atoms with Crippen molar-refractivity contribution in [3.63, 3.8) is 0 Å². The van der Waals surface area contributed by atoms with Crippen LogP contribution in [-0.4, -0.2) is 16.3 Å². The van der Waals surface area contributed by atoms with Crippen LogP contribution < -0.4 is 39.4 Å². The first-order valence-electron chi connectivity index (χ1n) is 14.5. The fourth-order valence-corrected chi connectivity index (χ4v) is 5.20. The van der Waals surface area contributed by atoms with Crippen LogP contribution in [0.25, 0.3) is 0 Å². The maximum Gasteiger partial charge on any atom is 1.00 e. The number of ketones is 1. The minimum atomic E-state index is -1.05. The summed E-state index contributed by atoms with van der Waals surface area (Å²) in [4.78, 5) is 24.3. The van der Waals surface area contributed by atoms with Gasteiger partial charge in [-0.15, -0.1) is 0 Å². The van der Waals surface area contributed by atoms with E-state index in [0.29, 0.717) is 36.3 Å². The molecule has 6 heteroatoms. The summed E-state index contributed by atoms with van der Waals surface area (Å²) in [5.41, 5.74) is 5.74. The van der Waals surface area contributed by atoms with Gasteiger partial charge in [0.15, 0.2) is 5.78 Å². The van der Waals surface area contributed by atoms with Gasteiger partial charge in [0.1, 0.15) is 11.9 Å². The van der Waals surface area contributed by atoms with Crippen molar-refractivity contribution in [2.75, 3.05) is 0 Å². The average Bonchev–Trinajstić information content (AvgIpc) is 3.23. The second-order valence-electron chi connectivity index (χ2n) is 10.9. The number of hydrogen-bond acceptors (Lipinski definition) is 4. The van der Waals surface area contributed by atoms with Gasteiger partial charge in [0.2, 0.25) is 0 Å². The SMILES string of the molecule is CCCCC[C@H](Oc1ccc(C(=O)c2cc(CCCC(=O)[O-])n(C)c2CC)cc1)c1ccc(CC(C)C)cc1.[Na+]. The van der Waals surface area contributed by atoms with Gasteiger partial charge in [-0.25, -0.2) is 0 Å². The number of carboxylic acids is 1. The van der Waals surface area contributed by atoms with E-state index in [9.17, 15) is 14.7 Å². The van der Waals surface area contributed by atoms with Gasteiger partial charge in [-0.05, 0) is 92.3 Å². The van der Waals surface area contributed by atoms with E-state index < -0.39 is 5.97 Å². The van der Waals surface area contributed by atoms with Crippen molar-refractivity contribution >= 4 is 11.8 Å². The molecule has 3 aromatic rings. The summed E-state index contributed by atoms with van der Waals surface area (Å²) in [7, 11) is 1.94. The van der Waals surface area contributed by atoms with Crippen molar-refractivity contribution < 1.29 is 49.0 Å². The van der Waals surface area contributed by atoms with E-state index in [1.54, 1.807) is 0 Å². The molecule has 0 amide bonds. The molecule has 0 aliphatic heterocycles. The van der Waals surface area contributed by atoms with Gasteiger partial charge >= 0.3 is 29.6 Å². The Morgan fingerprint density at radius 1 is 0.950 bits per heavy atom. The van der Waals surface area contributed by atoms with E-state index in [4.69, 9.17) is 4.74 Å². The molecule has 0 N–H and O–H groups in total. The van der Waals surface area contributed by atoms with Crippen LogP contribution in [0.5, 0.6) is 5.75 Å². The van der Waals surface area contributed by atoms with Crippen LogP contribution in [0.1, 0.15) is 111 Å². The smallest absolute Gasteiger partial charge is 0.550 e. The normalized spacial score (nSPS) is 11.8. The Kier molecular flexibility index (Phi) is 14.2. The molecule has 210 valence electrons. The van der Waals surface area contributed by atoms with Crippen molar-refractivity contribution in [2.24, 2.45) is 13.0 Å². The third kappa shape index (κ3) is 9.64. The van der Waals surface area contributed by atoms with Gasteiger partial charge < -0.3 is 19.2 Å². The van der Waals surface area contributed by atoms with E-state index in [2.05, 4.69) is 45.0 Å². The Bertz CT molecular complexity index is 1210. The number of carboxylic acid groups (broad SMARTS) is 1. The standard InChI is InChI=1S/C34H45NO4.Na/c1-6-8-9-12-32(26-16-14-25(15-17-26)22-24(3)4)39-29-20-18-27(19-21-29)34(38)30-23-28(11-10-13-33(36)37)35(5)31(30)7-2;/h14-21,23-24,32H,6-13,22H2,1-5H3,(H,36,37);/q;+1/p-1/t32-;/m0./s1. The molecular formula is C34H44NNaO4. The largest absolute Gasteiger partial charge is 1.00 e. The molecule has 0 unspecified atom stereocenters. The molecule has 0 spiro atoms. The molecule has 0 saturated carbocycles. The minimum Gasteiger partial charge on any atom is -0.550 e. The van der Waals surface area contributed by atoms with E-state index in [1.807, 2.05) is 48.9 Å². The van der Waals surface area contributed by atoms with E-state index in [0.717, 1.165) is 42.8 Å². The van der Waals surface area contributed by atoms with Crippen LogP contribution in [0.3, 0.4) is 0 Å². The number of unbranched alkanes of at least 4 members (excludes halogenated alkanes) is 2. The zero-order chi connectivity index (χ0) is 28.4. The van der Waals surface area contributed by atoms with Crippen molar-refractivity contribution in [2.45, 2.75) is 91.6 Å². The fraction of sp³-hybridized carbons (Fsp3) is 0.471. The summed E-state index contributed by atoms with van der Waals surface area (Å²) >= 11 is 0. The number of aliphatic carboxylic acids is 1. The van der Waals surface area contributed by atoms with Crippen molar-refractivity contribution in [3.8, 4) is 5.75 Å². The maximum absolute atomic E-state index is 13.5. The zero-order valence-electron chi connectivity index (χ0n) is 25.3. The van der Waals surface area contributed by atoms with Gasteiger partial charge in [-0.3, -0.25) is 4.79 Å². The minimum absolute atomic E-state index is 0. The van der Waals surface area contributed by atoms with Crippen molar-refractivity contribution in [1.29, 1.82) is 0 Å². The Hall–Kier alpha value is -2.34. The zero-order valence-corrected chi connectivity index (χ0v) is 27.3. The van der Waals surface area contributed by atoms with Crippen LogP contribution in [0, 0.1) is 5.92 Å². The van der Waals surface area contributed by atoms with E-state index in [1.165, 1.54) is 17.5 Å². The Labute approximate surface area is 262 Å². The van der Waals surface area contributed by atoms with Crippen LogP contribution in [0.15, 0.2) is 54.6 Å². The molecule has 5 nitrogen and oxygen atoms in total. The van der Waals surface area contributed by atoms with Gasteiger partial charge in [0.25, 0.3) is 0 Å². The van der Waals surface area contributed by atoms with Crippen molar-refractivity contribution in [1.82, 2.24) is 4.57 Å². The maximum atomic E-state index is 13.5. The predicted octanol–water partition coefficient (Wildman–Crippen LogP) is 3.79. The first-order chi connectivity index (χ1) is 18.7. The van der Waals surface area contributed by atoms with Crippen LogP contribution in [0.4, 0.5) is 0 Å². The molecule has 1 atom stereocenters. The second kappa shape index (κ2) is 16.8. The summed E-state index contributed by atoms with van der Waals surface area (Å²) in [6.07, 6.45) is 7.23. The van der Waals surface area contributed by atoms with Gasteiger partial charge in [0.05, 0.1) is 0 Å². The van der Waals surface area contributed by atoms with Crippen LogP contribution in [-0.2, 0) is 31.1 Å². The third-order valence-electron chi connectivity index (χ3n) is 7.31. The number of aromatic nitrogens is 1. The molecular weight excluding hydrogens is 509 g/mol. The molecule has 0 fully saturated rings. The molecule has 3 rings (SSSR count). The third-order valence-corrected chi connectivity index (χ3v) is 7.31. The average molecular weight is 554 g/mol. The van der Waals surface area contributed by atoms with Gasteiger partial charge in [-0.1, -0.05) is 64.8 Å². The second-order valence-corrected chi connectivity index (χ2v) is 10.9. The number of carbonyl (C=O) groups excluding carboxylic acids is 2. The molecule has 0 aliphatic carbocycles. The van der Waals surface area contributed by atoms with Crippen LogP contribution >= 0.6 is 0 Å².